The van der Waals surface area contributed by atoms with Crippen molar-refractivity contribution < 1.29 is 5.11 Å². The van der Waals surface area contributed by atoms with Crippen LogP contribution in [-0.4, -0.2) is 30.3 Å². The van der Waals surface area contributed by atoms with Crippen LogP contribution >= 0.6 is 0 Å². The quantitative estimate of drug-likeness (QED) is 0.876. The van der Waals surface area contributed by atoms with Gasteiger partial charge in [-0.25, -0.2) is 0 Å². The Kier molecular flexibility index (Phi) is 4.48. The normalized spacial score (nSPS) is 25.4. The van der Waals surface area contributed by atoms with Gasteiger partial charge in [0.15, 0.2) is 0 Å². The molecule has 1 heterocycles. The molecule has 0 aliphatic carbocycles. The summed E-state index contributed by atoms with van der Waals surface area (Å²) in [6.45, 7) is 8.99. The van der Waals surface area contributed by atoms with Gasteiger partial charge in [-0.15, -0.1) is 0 Å². The number of benzene rings is 1. The van der Waals surface area contributed by atoms with E-state index in [2.05, 4.69) is 48.3 Å². The van der Waals surface area contributed by atoms with E-state index in [0.29, 0.717) is 6.04 Å². The summed E-state index contributed by atoms with van der Waals surface area (Å²) >= 11 is 0. The van der Waals surface area contributed by atoms with E-state index < -0.39 is 5.60 Å². The highest BCUT2D eigenvalue weighted by Crippen LogP contribution is 2.31. The van der Waals surface area contributed by atoms with Gasteiger partial charge in [0.05, 0.1) is 5.60 Å². The number of β-amino-alcohol motifs (C(OH)–C–C–N with tert-alkyl or cyclic N) is 1. The van der Waals surface area contributed by atoms with Gasteiger partial charge in [-0.05, 0) is 44.9 Å². The second kappa shape index (κ2) is 5.93. The van der Waals surface area contributed by atoms with E-state index in [0.717, 1.165) is 32.5 Å². The van der Waals surface area contributed by atoms with Crippen LogP contribution in [0.5, 0.6) is 0 Å². The van der Waals surface area contributed by atoms with E-state index in [1.807, 2.05) is 6.92 Å². The van der Waals surface area contributed by atoms with Crippen LogP contribution in [0.3, 0.4) is 0 Å². The number of anilines is 1. The van der Waals surface area contributed by atoms with Crippen LogP contribution in [0.15, 0.2) is 24.3 Å². The molecule has 2 unspecified atom stereocenters. The lowest BCUT2D eigenvalue weighted by Gasteiger charge is -2.39. The van der Waals surface area contributed by atoms with Crippen LogP contribution in [0.1, 0.15) is 45.2 Å². The molecule has 1 aliphatic heterocycles. The molecule has 1 aromatic rings. The van der Waals surface area contributed by atoms with Gasteiger partial charge in [0.1, 0.15) is 0 Å². The molecule has 19 heavy (non-hydrogen) atoms. The van der Waals surface area contributed by atoms with Crippen LogP contribution in [0.25, 0.3) is 0 Å². The van der Waals surface area contributed by atoms with Gasteiger partial charge < -0.3 is 15.3 Å². The van der Waals surface area contributed by atoms with Crippen LogP contribution in [0, 0.1) is 0 Å². The van der Waals surface area contributed by atoms with E-state index >= 15 is 0 Å². The number of para-hydroxylation sites is 1. The minimum absolute atomic E-state index is 0.341. The summed E-state index contributed by atoms with van der Waals surface area (Å²) in [5.74, 6) is 0. The summed E-state index contributed by atoms with van der Waals surface area (Å²) in [5.41, 5.74) is 2.02. The Labute approximate surface area is 116 Å². The predicted octanol–water partition coefficient (Wildman–Crippen LogP) is 2.71. The largest absolute Gasteiger partial charge is 0.388 e. The van der Waals surface area contributed by atoms with E-state index in [1.165, 1.54) is 11.3 Å². The minimum Gasteiger partial charge on any atom is -0.388 e. The fourth-order valence-corrected chi connectivity index (χ4v) is 2.98. The highest BCUT2D eigenvalue weighted by atomic mass is 16.3. The molecule has 0 saturated carbocycles. The fraction of sp³-hybridized carbons (Fsp3) is 0.625. The van der Waals surface area contributed by atoms with Crippen molar-refractivity contribution in [1.29, 1.82) is 0 Å². The van der Waals surface area contributed by atoms with Gasteiger partial charge in [0.25, 0.3) is 0 Å². The average Bonchev–Trinajstić information content (AvgIpc) is 2.38. The van der Waals surface area contributed by atoms with Gasteiger partial charge in [-0.1, -0.05) is 25.1 Å². The summed E-state index contributed by atoms with van der Waals surface area (Å²) in [5, 5.41) is 13.8. The van der Waals surface area contributed by atoms with Gasteiger partial charge in [0, 0.05) is 24.8 Å². The van der Waals surface area contributed by atoms with Crippen molar-refractivity contribution in [2.45, 2.75) is 45.3 Å². The van der Waals surface area contributed by atoms with Crippen molar-refractivity contribution in [2.75, 3.05) is 24.5 Å². The molecule has 3 nitrogen and oxygen atoms in total. The molecule has 106 valence electrons. The first-order valence-corrected chi connectivity index (χ1v) is 7.33. The Morgan fingerprint density at radius 2 is 2.16 bits per heavy atom. The van der Waals surface area contributed by atoms with E-state index in [4.69, 9.17) is 0 Å². The third-order valence-electron chi connectivity index (χ3n) is 3.93. The highest BCUT2D eigenvalue weighted by Gasteiger charge is 2.29. The molecule has 1 fully saturated rings. The highest BCUT2D eigenvalue weighted by molar-refractivity contribution is 5.55. The zero-order valence-corrected chi connectivity index (χ0v) is 12.3. The predicted molar refractivity (Wildman–Crippen MR) is 80.6 cm³/mol. The van der Waals surface area contributed by atoms with E-state index in [-0.39, 0.29) is 0 Å². The minimum atomic E-state index is -0.563. The topological polar surface area (TPSA) is 35.5 Å². The summed E-state index contributed by atoms with van der Waals surface area (Å²) in [6, 6.07) is 8.87. The van der Waals surface area contributed by atoms with Crippen LogP contribution < -0.4 is 10.2 Å². The molecule has 2 atom stereocenters. The fourth-order valence-electron chi connectivity index (χ4n) is 2.98. The molecule has 0 amide bonds. The molecule has 2 rings (SSSR count). The molecular formula is C16H26N2O. The molecule has 0 aromatic heterocycles. The number of piperidine rings is 1. The third-order valence-corrected chi connectivity index (χ3v) is 3.93. The molecule has 0 spiro atoms. The third kappa shape index (κ3) is 3.48. The molecule has 1 aromatic carbocycles. The Balaban J connectivity index is 2.24. The number of nitrogens with one attached hydrogen (secondary N) is 1. The maximum absolute atomic E-state index is 10.3. The first kappa shape index (κ1) is 14.4. The Hall–Kier alpha value is -1.06. The lowest BCUT2D eigenvalue weighted by atomic mass is 9.93. The maximum Gasteiger partial charge on any atom is 0.0794 e. The average molecular weight is 262 g/mol. The van der Waals surface area contributed by atoms with Crippen LogP contribution in [0.4, 0.5) is 5.69 Å². The van der Waals surface area contributed by atoms with Crippen molar-refractivity contribution in [1.82, 2.24) is 5.32 Å². The zero-order valence-electron chi connectivity index (χ0n) is 12.3. The number of aliphatic hydroxyl groups is 1. The van der Waals surface area contributed by atoms with Crippen molar-refractivity contribution in [2.24, 2.45) is 0 Å². The van der Waals surface area contributed by atoms with Crippen LogP contribution in [0.2, 0.25) is 0 Å². The smallest absolute Gasteiger partial charge is 0.0794 e. The molecule has 0 bridgehead atoms. The Morgan fingerprint density at radius 3 is 2.84 bits per heavy atom. The maximum atomic E-state index is 10.3. The van der Waals surface area contributed by atoms with Crippen LogP contribution in [-0.2, 0) is 0 Å². The lowest BCUT2D eigenvalue weighted by Crippen LogP contribution is -2.46. The van der Waals surface area contributed by atoms with Crippen molar-refractivity contribution in [3.8, 4) is 0 Å². The van der Waals surface area contributed by atoms with E-state index in [9.17, 15) is 5.11 Å². The SMILES string of the molecule is CCNC(C)c1ccccc1N1CCCC(C)(O)C1. The number of rotatable bonds is 4. The van der Waals surface area contributed by atoms with Crippen molar-refractivity contribution in [3.05, 3.63) is 29.8 Å². The number of hydrogen-bond acceptors (Lipinski definition) is 3. The zero-order chi connectivity index (χ0) is 13.9. The number of hydrogen-bond donors (Lipinski definition) is 2. The second-order valence-electron chi connectivity index (χ2n) is 5.86. The molecule has 0 radical (unpaired) electrons. The lowest BCUT2D eigenvalue weighted by molar-refractivity contribution is 0.0448. The van der Waals surface area contributed by atoms with E-state index in [1.54, 1.807) is 0 Å². The monoisotopic (exact) mass is 262 g/mol. The Morgan fingerprint density at radius 1 is 1.42 bits per heavy atom. The molecule has 1 aliphatic rings. The Bertz CT molecular complexity index is 417. The van der Waals surface area contributed by atoms with Crippen molar-refractivity contribution >= 4 is 5.69 Å². The van der Waals surface area contributed by atoms with Gasteiger partial charge in [-0.3, -0.25) is 0 Å². The second-order valence-corrected chi connectivity index (χ2v) is 5.86. The van der Waals surface area contributed by atoms with Gasteiger partial charge in [-0.2, -0.15) is 0 Å². The summed E-state index contributed by atoms with van der Waals surface area (Å²) < 4.78 is 0. The molecule has 1 saturated heterocycles. The summed E-state index contributed by atoms with van der Waals surface area (Å²) in [6.07, 6.45) is 1.95. The number of nitrogens with zero attached hydrogens (tertiary/aromatic N) is 1. The molecular weight excluding hydrogens is 236 g/mol. The molecule has 2 N–H and O–H groups in total. The first-order chi connectivity index (χ1) is 9.03. The van der Waals surface area contributed by atoms with Crippen molar-refractivity contribution in [3.63, 3.8) is 0 Å². The van der Waals surface area contributed by atoms with Gasteiger partial charge in [0.2, 0.25) is 0 Å². The summed E-state index contributed by atoms with van der Waals surface area (Å²) in [7, 11) is 0. The van der Waals surface area contributed by atoms with Gasteiger partial charge >= 0.3 is 0 Å². The first-order valence-electron chi connectivity index (χ1n) is 7.33. The standard InChI is InChI=1S/C16H26N2O/c1-4-17-13(2)14-8-5-6-9-15(14)18-11-7-10-16(3,19)12-18/h5-6,8-9,13,17,19H,4,7,10-12H2,1-3H3. The molecule has 3 heteroatoms. The summed E-state index contributed by atoms with van der Waals surface area (Å²) in [4.78, 5) is 2.33.